The summed E-state index contributed by atoms with van der Waals surface area (Å²) in [7, 11) is 0. The maximum atomic E-state index is 13.0. The predicted molar refractivity (Wildman–Crippen MR) is 116 cm³/mol. The Labute approximate surface area is 179 Å². The molecule has 1 aliphatic rings. The molecule has 1 fully saturated rings. The van der Waals surface area contributed by atoms with Crippen molar-refractivity contribution in [2.75, 3.05) is 18.4 Å². The number of carbonyl (C=O) groups excluding carboxylic acids is 2. The SMILES string of the molecule is Cc1cc(C)cc(C(=O)N2CCCC(C(=O)Nc3cccc(-c4noc(=O)[nH]4)c3)C2)c1. The standard InChI is InChI=1S/C23H24N4O4/c1-14-9-15(2)11-18(10-14)22(29)27-8-4-6-17(13-27)21(28)24-19-7-3-5-16(12-19)20-25-23(30)31-26-20/h3,5,7,9-12,17H,4,6,8,13H2,1-2H3,(H,24,28)(H,25,26,30). The fraction of sp³-hybridized carbons (Fsp3) is 0.304. The topological polar surface area (TPSA) is 108 Å². The van der Waals surface area contributed by atoms with Crippen LogP contribution in [0.1, 0.15) is 34.3 Å². The number of nitrogens with one attached hydrogen (secondary N) is 2. The Morgan fingerprint density at radius 1 is 1.16 bits per heavy atom. The summed E-state index contributed by atoms with van der Waals surface area (Å²) in [4.78, 5) is 41.3. The van der Waals surface area contributed by atoms with Crippen molar-refractivity contribution in [1.82, 2.24) is 15.0 Å². The van der Waals surface area contributed by atoms with Crippen LogP contribution in [0.25, 0.3) is 11.4 Å². The highest BCUT2D eigenvalue weighted by atomic mass is 16.5. The monoisotopic (exact) mass is 420 g/mol. The molecule has 1 aliphatic heterocycles. The molecule has 31 heavy (non-hydrogen) atoms. The Hall–Kier alpha value is -3.68. The van der Waals surface area contributed by atoms with Gasteiger partial charge in [0, 0.05) is 29.9 Å². The number of hydrogen-bond acceptors (Lipinski definition) is 5. The molecular weight excluding hydrogens is 396 g/mol. The lowest BCUT2D eigenvalue weighted by atomic mass is 9.96. The largest absolute Gasteiger partial charge is 0.439 e. The number of piperidine rings is 1. The lowest BCUT2D eigenvalue weighted by Crippen LogP contribution is -2.43. The van der Waals surface area contributed by atoms with E-state index in [9.17, 15) is 14.4 Å². The van der Waals surface area contributed by atoms with Crippen LogP contribution in [0.3, 0.4) is 0 Å². The summed E-state index contributed by atoms with van der Waals surface area (Å²) in [5, 5.41) is 6.59. The third-order valence-electron chi connectivity index (χ3n) is 5.39. The highest BCUT2D eigenvalue weighted by Crippen LogP contribution is 2.23. The Morgan fingerprint density at radius 2 is 1.94 bits per heavy atom. The van der Waals surface area contributed by atoms with Crippen LogP contribution in [-0.4, -0.2) is 39.9 Å². The van der Waals surface area contributed by atoms with Gasteiger partial charge in [-0.2, -0.15) is 0 Å². The van der Waals surface area contributed by atoms with Crippen LogP contribution in [0.4, 0.5) is 5.69 Å². The lowest BCUT2D eigenvalue weighted by Gasteiger charge is -2.32. The number of nitrogens with zero attached hydrogens (tertiary/aromatic N) is 2. The van der Waals surface area contributed by atoms with E-state index in [1.54, 1.807) is 29.2 Å². The van der Waals surface area contributed by atoms with E-state index < -0.39 is 5.76 Å². The number of rotatable bonds is 4. The van der Waals surface area contributed by atoms with E-state index in [-0.39, 0.29) is 17.7 Å². The Balaban J connectivity index is 1.44. The van der Waals surface area contributed by atoms with Crippen LogP contribution in [0, 0.1) is 19.8 Å². The van der Waals surface area contributed by atoms with Gasteiger partial charge in [-0.1, -0.05) is 34.5 Å². The number of benzene rings is 2. The van der Waals surface area contributed by atoms with Crippen LogP contribution < -0.4 is 11.1 Å². The molecule has 1 unspecified atom stereocenters. The normalized spacial score (nSPS) is 16.2. The molecule has 0 radical (unpaired) electrons. The number of amides is 2. The van der Waals surface area contributed by atoms with Gasteiger partial charge >= 0.3 is 5.76 Å². The third-order valence-corrected chi connectivity index (χ3v) is 5.39. The van der Waals surface area contributed by atoms with Crippen molar-refractivity contribution in [3.05, 3.63) is 69.7 Å². The molecule has 2 amide bonds. The Kier molecular flexibility index (Phi) is 5.70. The minimum atomic E-state index is -0.639. The van der Waals surface area contributed by atoms with E-state index in [4.69, 9.17) is 0 Å². The average Bonchev–Trinajstić information content (AvgIpc) is 3.19. The Morgan fingerprint density at radius 3 is 2.65 bits per heavy atom. The fourth-order valence-electron chi connectivity index (χ4n) is 4.00. The quantitative estimate of drug-likeness (QED) is 0.674. The van der Waals surface area contributed by atoms with Gasteiger partial charge in [-0.25, -0.2) is 4.79 Å². The smallest absolute Gasteiger partial charge is 0.338 e. The molecule has 8 heteroatoms. The zero-order valence-corrected chi connectivity index (χ0v) is 17.5. The summed E-state index contributed by atoms with van der Waals surface area (Å²) < 4.78 is 4.53. The van der Waals surface area contributed by atoms with Gasteiger partial charge in [-0.3, -0.25) is 19.1 Å². The number of likely N-dealkylation sites (tertiary alicyclic amines) is 1. The Bertz CT molecular complexity index is 1160. The van der Waals surface area contributed by atoms with Gasteiger partial charge < -0.3 is 10.2 Å². The highest BCUT2D eigenvalue weighted by Gasteiger charge is 2.29. The van der Waals surface area contributed by atoms with Gasteiger partial charge in [0.2, 0.25) is 5.91 Å². The van der Waals surface area contributed by atoms with Gasteiger partial charge in [0.15, 0.2) is 5.82 Å². The maximum Gasteiger partial charge on any atom is 0.439 e. The average molecular weight is 420 g/mol. The minimum absolute atomic E-state index is 0.0405. The molecule has 1 atom stereocenters. The number of anilines is 1. The van der Waals surface area contributed by atoms with Crippen molar-refractivity contribution in [2.45, 2.75) is 26.7 Å². The fourth-order valence-corrected chi connectivity index (χ4v) is 4.00. The lowest BCUT2D eigenvalue weighted by molar-refractivity contribution is -0.121. The molecule has 0 bridgehead atoms. The molecule has 1 aromatic heterocycles. The van der Waals surface area contributed by atoms with Crippen molar-refractivity contribution in [3.8, 4) is 11.4 Å². The molecule has 0 spiro atoms. The summed E-state index contributed by atoms with van der Waals surface area (Å²) >= 11 is 0. The number of H-pyrrole nitrogens is 1. The van der Waals surface area contributed by atoms with Gasteiger partial charge in [0.1, 0.15) is 0 Å². The van der Waals surface area contributed by atoms with Crippen molar-refractivity contribution >= 4 is 17.5 Å². The van der Waals surface area contributed by atoms with Gasteiger partial charge in [0.25, 0.3) is 5.91 Å². The van der Waals surface area contributed by atoms with E-state index in [1.807, 2.05) is 32.0 Å². The second-order valence-corrected chi connectivity index (χ2v) is 7.98. The third kappa shape index (κ3) is 4.74. The number of aromatic nitrogens is 2. The minimum Gasteiger partial charge on any atom is -0.338 e. The summed E-state index contributed by atoms with van der Waals surface area (Å²) in [6, 6.07) is 12.8. The summed E-state index contributed by atoms with van der Waals surface area (Å²) in [6.45, 7) is 4.97. The van der Waals surface area contributed by atoms with Crippen molar-refractivity contribution in [3.63, 3.8) is 0 Å². The van der Waals surface area contributed by atoms with Crippen molar-refractivity contribution < 1.29 is 14.1 Å². The molecule has 2 N–H and O–H groups in total. The molecule has 4 rings (SSSR count). The van der Waals surface area contributed by atoms with E-state index in [0.717, 1.165) is 24.0 Å². The molecule has 160 valence electrons. The second-order valence-electron chi connectivity index (χ2n) is 7.98. The molecule has 8 nitrogen and oxygen atoms in total. The summed E-state index contributed by atoms with van der Waals surface area (Å²) in [6.07, 6.45) is 1.49. The first kappa shape index (κ1) is 20.6. The van der Waals surface area contributed by atoms with Crippen molar-refractivity contribution in [2.24, 2.45) is 5.92 Å². The summed E-state index contributed by atoms with van der Waals surface area (Å²) in [5.74, 6) is -0.812. The number of aromatic amines is 1. The van der Waals surface area contributed by atoms with Crippen LogP contribution in [0.5, 0.6) is 0 Å². The van der Waals surface area contributed by atoms with E-state index in [1.165, 1.54) is 0 Å². The molecule has 0 aliphatic carbocycles. The molecule has 2 heterocycles. The molecule has 0 saturated carbocycles. The van der Waals surface area contributed by atoms with Crippen LogP contribution >= 0.6 is 0 Å². The highest BCUT2D eigenvalue weighted by molar-refractivity contribution is 5.96. The van der Waals surface area contributed by atoms with Gasteiger partial charge in [0.05, 0.1) is 5.92 Å². The number of carbonyl (C=O) groups is 2. The van der Waals surface area contributed by atoms with Crippen LogP contribution in [0.2, 0.25) is 0 Å². The first-order valence-corrected chi connectivity index (χ1v) is 10.2. The molecular formula is C23H24N4O4. The van der Waals surface area contributed by atoms with Crippen LogP contribution in [0.15, 0.2) is 51.8 Å². The maximum absolute atomic E-state index is 13.0. The molecule has 1 saturated heterocycles. The number of aryl methyl sites for hydroxylation is 2. The zero-order valence-electron chi connectivity index (χ0n) is 17.5. The summed E-state index contributed by atoms with van der Waals surface area (Å²) in [5.41, 5.74) is 3.96. The first-order chi connectivity index (χ1) is 14.9. The number of hydrogen-bond donors (Lipinski definition) is 2. The predicted octanol–water partition coefficient (Wildman–Crippen LogP) is 3.14. The van der Waals surface area contributed by atoms with Crippen molar-refractivity contribution in [1.29, 1.82) is 0 Å². The zero-order chi connectivity index (χ0) is 22.0. The van der Waals surface area contributed by atoms with Gasteiger partial charge in [-0.15, -0.1) is 0 Å². The van der Waals surface area contributed by atoms with Gasteiger partial charge in [-0.05, 0) is 51.0 Å². The van der Waals surface area contributed by atoms with Crippen LogP contribution in [-0.2, 0) is 4.79 Å². The first-order valence-electron chi connectivity index (χ1n) is 10.2. The van der Waals surface area contributed by atoms with E-state index in [2.05, 4.69) is 20.0 Å². The molecule has 2 aromatic carbocycles. The van der Waals surface area contributed by atoms with E-state index in [0.29, 0.717) is 35.7 Å². The molecule has 3 aromatic rings. The second kappa shape index (κ2) is 8.59. The van der Waals surface area contributed by atoms with E-state index >= 15 is 0 Å².